The topological polar surface area (TPSA) is 58.6 Å². The van der Waals surface area contributed by atoms with Crippen LogP contribution in [0.5, 0.6) is 0 Å². The maximum absolute atomic E-state index is 12.1. The van der Waals surface area contributed by atoms with Crippen LogP contribution in [0.1, 0.15) is 11.6 Å². The van der Waals surface area contributed by atoms with Gasteiger partial charge in [-0.15, -0.1) is 0 Å². The van der Waals surface area contributed by atoms with E-state index in [0.717, 1.165) is 10.0 Å². The molecule has 0 radical (unpaired) electrons. The van der Waals surface area contributed by atoms with Gasteiger partial charge in [0, 0.05) is 11.6 Å². The molecule has 1 aliphatic rings. The van der Waals surface area contributed by atoms with Gasteiger partial charge in [0.2, 0.25) is 0 Å². The Bertz CT molecular complexity index is 478. The van der Waals surface area contributed by atoms with Crippen molar-refractivity contribution >= 4 is 27.9 Å². The normalized spacial score (nSPS) is 19.2. The Morgan fingerprint density at radius 3 is 2.78 bits per heavy atom. The number of imide groups is 1. The summed E-state index contributed by atoms with van der Waals surface area (Å²) in [5.74, 6) is -0.246. The maximum atomic E-state index is 12.1. The average Bonchev–Trinajstić information content (AvgIpc) is 2.63. The van der Waals surface area contributed by atoms with E-state index in [9.17, 15) is 9.59 Å². The molecule has 96 valence electrons. The van der Waals surface area contributed by atoms with E-state index in [2.05, 4.69) is 21.2 Å². The zero-order valence-electron chi connectivity index (χ0n) is 9.85. The quantitative estimate of drug-likeness (QED) is 0.861. The summed E-state index contributed by atoms with van der Waals surface area (Å²) in [6, 6.07) is 6.34. The van der Waals surface area contributed by atoms with E-state index in [1.54, 1.807) is 0 Å². The summed E-state index contributed by atoms with van der Waals surface area (Å²) in [6.45, 7) is 0.601. The molecule has 1 aromatic carbocycles. The van der Waals surface area contributed by atoms with Crippen molar-refractivity contribution in [3.05, 3.63) is 34.3 Å². The molecule has 1 N–H and O–H groups in total. The van der Waals surface area contributed by atoms with E-state index in [4.69, 9.17) is 4.74 Å². The molecule has 1 atom stereocenters. The van der Waals surface area contributed by atoms with Gasteiger partial charge < -0.3 is 10.1 Å². The van der Waals surface area contributed by atoms with Crippen molar-refractivity contribution < 1.29 is 14.3 Å². The van der Waals surface area contributed by atoms with Gasteiger partial charge in [-0.25, -0.2) is 4.79 Å². The largest absolute Gasteiger partial charge is 0.383 e. The van der Waals surface area contributed by atoms with Gasteiger partial charge in [0.15, 0.2) is 0 Å². The average molecular weight is 313 g/mol. The Hall–Kier alpha value is -1.40. The van der Waals surface area contributed by atoms with Crippen LogP contribution in [0.15, 0.2) is 28.7 Å². The van der Waals surface area contributed by atoms with Crippen molar-refractivity contribution in [2.45, 2.75) is 6.04 Å². The molecule has 0 aromatic heterocycles. The molecule has 1 heterocycles. The minimum atomic E-state index is -0.620. The van der Waals surface area contributed by atoms with Crippen molar-refractivity contribution in [2.75, 3.05) is 20.3 Å². The number of ether oxygens (including phenoxy) is 1. The summed E-state index contributed by atoms with van der Waals surface area (Å²) >= 11 is 3.38. The number of nitrogens with one attached hydrogen (secondary N) is 1. The lowest BCUT2D eigenvalue weighted by Crippen LogP contribution is -2.33. The van der Waals surface area contributed by atoms with Gasteiger partial charge in [-0.1, -0.05) is 34.1 Å². The molecule has 1 aliphatic heterocycles. The van der Waals surface area contributed by atoms with Gasteiger partial charge >= 0.3 is 6.03 Å². The van der Waals surface area contributed by atoms with Crippen LogP contribution in [0.2, 0.25) is 0 Å². The fraction of sp³-hybridized carbons (Fsp3) is 0.333. The first kappa shape index (κ1) is 13.0. The number of urea groups is 1. The second kappa shape index (κ2) is 5.49. The molecule has 1 saturated heterocycles. The van der Waals surface area contributed by atoms with Gasteiger partial charge in [-0.3, -0.25) is 9.69 Å². The Morgan fingerprint density at radius 1 is 1.39 bits per heavy atom. The third-order valence-electron chi connectivity index (χ3n) is 2.76. The molecule has 5 nitrogen and oxygen atoms in total. The number of amides is 3. The lowest BCUT2D eigenvalue weighted by atomic mass is 10.1. The van der Waals surface area contributed by atoms with Crippen LogP contribution < -0.4 is 5.32 Å². The highest BCUT2D eigenvalue weighted by Crippen LogP contribution is 2.27. The van der Waals surface area contributed by atoms with Gasteiger partial charge in [-0.05, 0) is 11.6 Å². The van der Waals surface area contributed by atoms with Crippen molar-refractivity contribution in [2.24, 2.45) is 0 Å². The molecule has 1 aromatic rings. The van der Waals surface area contributed by atoms with Crippen LogP contribution in [-0.2, 0) is 9.53 Å². The van der Waals surface area contributed by atoms with Crippen molar-refractivity contribution in [3.63, 3.8) is 0 Å². The standard InChI is InChI=1S/C12H13BrN2O3/c1-18-7-6-15-11(16)10(14-12(15)17)8-4-2-3-5-9(8)13/h2-5,10H,6-7H2,1H3,(H,14,17)/t10-/m0/s1. The molecule has 3 amide bonds. The summed E-state index contributed by atoms with van der Waals surface area (Å²) in [5, 5.41) is 2.67. The molecule has 0 bridgehead atoms. The number of hydrogen-bond acceptors (Lipinski definition) is 3. The second-order valence-electron chi connectivity index (χ2n) is 3.89. The minimum Gasteiger partial charge on any atom is -0.383 e. The van der Waals surface area contributed by atoms with Gasteiger partial charge in [0.05, 0.1) is 13.2 Å². The molecule has 2 rings (SSSR count). The lowest BCUT2D eigenvalue weighted by Gasteiger charge is -2.12. The Labute approximate surface area is 113 Å². The third kappa shape index (κ3) is 2.39. The minimum absolute atomic E-state index is 0.246. The molecule has 0 spiro atoms. The van der Waals surface area contributed by atoms with Crippen molar-refractivity contribution in [1.82, 2.24) is 10.2 Å². The monoisotopic (exact) mass is 312 g/mol. The summed E-state index contributed by atoms with van der Waals surface area (Å²) in [6.07, 6.45) is 0. The highest BCUT2D eigenvalue weighted by atomic mass is 79.9. The van der Waals surface area contributed by atoms with E-state index in [1.165, 1.54) is 12.0 Å². The van der Waals surface area contributed by atoms with Crippen molar-refractivity contribution in [1.29, 1.82) is 0 Å². The molecule has 0 unspecified atom stereocenters. The second-order valence-corrected chi connectivity index (χ2v) is 4.74. The van der Waals surface area contributed by atoms with Crippen LogP contribution in [0.4, 0.5) is 4.79 Å². The summed E-state index contributed by atoms with van der Waals surface area (Å²) < 4.78 is 5.68. The molecule has 0 aliphatic carbocycles. The van der Waals surface area contributed by atoms with E-state index < -0.39 is 6.04 Å². The highest BCUT2D eigenvalue weighted by Gasteiger charge is 2.39. The third-order valence-corrected chi connectivity index (χ3v) is 3.48. The first-order valence-corrected chi connectivity index (χ1v) is 6.29. The molecule has 6 heteroatoms. The smallest absolute Gasteiger partial charge is 0.325 e. The Balaban J connectivity index is 2.20. The Kier molecular flexibility index (Phi) is 3.98. The number of benzene rings is 1. The van der Waals surface area contributed by atoms with E-state index in [1.807, 2.05) is 24.3 Å². The molecule has 0 saturated carbocycles. The summed E-state index contributed by atoms with van der Waals surface area (Å²) in [7, 11) is 1.53. The SMILES string of the molecule is COCCN1C(=O)N[C@@H](c2ccccc2Br)C1=O. The molecule has 1 fully saturated rings. The Morgan fingerprint density at radius 2 is 2.11 bits per heavy atom. The zero-order chi connectivity index (χ0) is 13.1. The van der Waals surface area contributed by atoms with Gasteiger partial charge in [0.1, 0.15) is 6.04 Å². The summed E-state index contributed by atoms with van der Waals surface area (Å²) in [4.78, 5) is 25.0. The van der Waals surface area contributed by atoms with Crippen LogP contribution in [-0.4, -0.2) is 37.1 Å². The number of carbonyl (C=O) groups is 2. The number of methoxy groups -OCH3 is 1. The van der Waals surface area contributed by atoms with E-state index in [0.29, 0.717) is 6.61 Å². The van der Waals surface area contributed by atoms with Crippen LogP contribution in [0.25, 0.3) is 0 Å². The predicted octanol–water partition coefficient (Wildman–Crippen LogP) is 1.69. The van der Waals surface area contributed by atoms with Crippen LogP contribution in [0, 0.1) is 0 Å². The van der Waals surface area contributed by atoms with Gasteiger partial charge in [0.25, 0.3) is 5.91 Å². The predicted molar refractivity (Wildman–Crippen MR) is 69.0 cm³/mol. The zero-order valence-corrected chi connectivity index (χ0v) is 11.4. The molecule has 18 heavy (non-hydrogen) atoms. The fourth-order valence-corrected chi connectivity index (χ4v) is 2.35. The number of nitrogens with zero attached hydrogens (tertiary/aromatic N) is 1. The highest BCUT2D eigenvalue weighted by molar-refractivity contribution is 9.10. The number of carbonyl (C=O) groups excluding carboxylic acids is 2. The maximum Gasteiger partial charge on any atom is 0.325 e. The number of rotatable bonds is 4. The van der Waals surface area contributed by atoms with Crippen LogP contribution in [0.3, 0.4) is 0 Å². The first-order valence-electron chi connectivity index (χ1n) is 5.50. The molecular weight excluding hydrogens is 300 g/mol. The first-order chi connectivity index (χ1) is 8.65. The van der Waals surface area contributed by atoms with E-state index >= 15 is 0 Å². The van der Waals surface area contributed by atoms with Crippen LogP contribution >= 0.6 is 15.9 Å². The summed E-state index contributed by atoms with van der Waals surface area (Å²) in [5.41, 5.74) is 0.760. The lowest BCUT2D eigenvalue weighted by molar-refractivity contribution is -0.128. The number of hydrogen-bond donors (Lipinski definition) is 1. The fourth-order valence-electron chi connectivity index (χ4n) is 1.83. The van der Waals surface area contributed by atoms with E-state index in [-0.39, 0.29) is 18.5 Å². The number of halogens is 1. The van der Waals surface area contributed by atoms with Gasteiger partial charge in [-0.2, -0.15) is 0 Å². The van der Waals surface area contributed by atoms with Crippen molar-refractivity contribution in [3.8, 4) is 0 Å². The molecular formula is C12H13BrN2O3.